The molecule has 51 heteroatoms. The molecule has 0 saturated heterocycles. The van der Waals surface area contributed by atoms with Crippen molar-refractivity contribution in [2.75, 3.05) is 5.73 Å². The Hall–Kier alpha value is -9.98. The fourth-order valence-corrected chi connectivity index (χ4v) is 13.3. The number of hydrogen-bond donors (Lipinski definition) is 13. The minimum atomic E-state index is -5.96. The number of benzene rings is 7. The first-order valence-corrected chi connectivity index (χ1v) is 34.6. The quantitative estimate of drug-likeness (QED) is 0.0142. The number of phenolic OH excluding ortho intramolecular Hbond substituents is 2. The van der Waals surface area contributed by atoms with Crippen molar-refractivity contribution in [1.82, 2.24) is 9.78 Å². The number of fused-ring (bicyclic) bond motifs is 2. The summed E-state index contributed by atoms with van der Waals surface area (Å²) in [6.07, 6.45) is 0. The molecule has 93 heavy (non-hydrogen) atoms. The Labute approximate surface area is 515 Å². The summed E-state index contributed by atoms with van der Waals surface area (Å²) in [6.45, 7) is 0. The minimum absolute atomic E-state index is 0.0195. The molecule has 0 aliphatic carbocycles. The summed E-state index contributed by atoms with van der Waals surface area (Å²) in [5, 5.41) is 81.5. The van der Waals surface area contributed by atoms with E-state index in [4.69, 9.17) is 5.73 Å². The van der Waals surface area contributed by atoms with E-state index in [0.717, 1.165) is 24.3 Å². The SMILES string of the molecule is Nc1c(N=Nc2ccc3c(O)c(/N=N\c4cc(S(=O)(=O)O)c(/N=N/c5c(C(=O)O)nn(-c6ccc(S(=O)(=O)O)cc6)c5O)cc4S(=O)(=O)O)c(S(=O)(=O)O)cc3c2S(=O)(=O)O)cc(S(=O)(=O)O)c2cc(S(=O)(=O)O)c(/N=N\c3ccc([N+](=O)[O-])cc3S(=O)(=O)O)c(O)c12. The van der Waals surface area contributed by atoms with Gasteiger partial charge in [-0.2, -0.15) is 77.1 Å². The predicted octanol–water partition coefficient (Wildman–Crippen LogP) is 6.12. The van der Waals surface area contributed by atoms with Crippen LogP contribution in [0.15, 0.2) is 165 Å². The highest BCUT2D eigenvalue weighted by molar-refractivity contribution is 7.88. The number of nitrogens with zero attached hydrogens (tertiary/aromatic N) is 11. The van der Waals surface area contributed by atoms with Crippen molar-refractivity contribution in [3.63, 3.8) is 0 Å². The number of aromatic carboxylic acids is 1. The van der Waals surface area contributed by atoms with E-state index < -0.39 is 232 Å². The number of nitro benzene ring substituents is 1. The third-order valence-corrected chi connectivity index (χ3v) is 19.1. The van der Waals surface area contributed by atoms with Gasteiger partial charge in [-0.3, -0.25) is 46.5 Å². The number of rotatable bonds is 19. The van der Waals surface area contributed by atoms with Crippen molar-refractivity contribution in [3.8, 4) is 23.1 Å². The van der Waals surface area contributed by atoms with E-state index in [2.05, 4.69) is 46.0 Å². The van der Waals surface area contributed by atoms with Crippen LogP contribution in [0.3, 0.4) is 0 Å². The van der Waals surface area contributed by atoms with Gasteiger partial charge in [0.15, 0.2) is 17.2 Å². The van der Waals surface area contributed by atoms with Gasteiger partial charge in [-0.25, -0.2) is 4.79 Å². The predicted molar refractivity (Wildman–Crippen MR) is 303 cm³/mol. The molecule has 0 spiro atoms. The first kappa shape index (κ1) is 68.9. The highest BCUT2D eigenvalue weighted by Crippen LogP contribution is 2.51. The zero-order chi connectivity index (χ0) is 69.6. The number of aromatic nitrogens is 2. The topological polar surface area (TPSA) is 719 Å². The smallest absolute Gasteiger partial charge is 0.358 e. The maximum atomic E-state index is 13.2. The summed E-state index contributed by atoms with van der Waals surface area (Å²) in [7, 11) is -45.1. The molecule has 1 heterocycles. The zero-order valence-electron chi connectivity index (χ0n) is 44.0. The van der Waals surface area contributed by atoms with Crippen molar-refractivity contribution in [3.05, 3.63) is 101 Å². The van der Waals surface area contributed by atoms with Crippen LogP contribution in [0.4, 0.5) is 56.9 Å². The van der Waals surface area contributed by atoms with E-state index in [0.29, 0.717) is 28.9 Å². The van der Waals surface area contributed by atoms with Crippen LogP contribution in [-0.2, 0) is 80.9 Å². The Morgan fingerprint density at radius 3 is 1.32 bits per heavy atom. The summed E-state index contributed by atoms with van der Waals surface area (Å²) < 4.78 is 283. The number of non-ortho nitro benzene ring substituents is 1. The molecule has 0 unspecified atom stereocenters. The standard InChI is InChI=1S/C42H28N12O31S8/c43-33-25(14-26(87(65,66)67)20-11-31(92(80,81)82)35(39(56)32(20)33)50-44-21-7-3-16(54(60)61)9-27(21)88(68,69)70)48-45-22-8-6-18-19(40(22)93(83,84)85)10-30(91(77,78)79)34(38(18)55)49-46-23-12-29(90(74,75)76)24(13-28(23)89(71,72)73)47-51-36-37(42(58)59)52-53(41(36)57)15-1-4-17(5-2-15)86(62,63)64/h1-14,55-57H,43H2,(H,58,59)(H,62,63,64)(H,65,66,67)(H,68,69,70)(H,71,72,73)(H,74,75,76)(H,77,78,79)(H,80,81,82)(H,83,84,85)/b48-45?,49-46-,50-44-,51-47+. The van der Waals surface area contributed by atoms with Crippen molar-refractivity contribution in [2.45, 2.75) is 39.2 Å². The molecule has 0 aliphatic rings. The summed E-state index contributed by atoms with van der Waals surface area (Å²) in [5.74, 6) is -6.47. The van der Waals surface area contributed by atoms with E-state index in [-0.39, 0.29) is 42.1 Å². The average molecular weight is 1450 g/mol. The van der Waals surface area contributed by atoms with E-state index >= 15 is 0 Å². The molecule has 0 atom stereocenters. The minimum Gasteiger partial charge on any atom is -0.505 e. The lowest BCUT2D eigenvalue weighted by Gasteiger charge is -2.15. The molecule has 0 fully saturated rings. The molecule has 0 radical (unpaired) electrons. The Kier molecular flexibility index (Phi) is 17.5. The van der Waals surface area contributed by atoms with Crippen molar-refractivity contribution < 1.29 is 134 Å². The number of hydrogen-bond acceptors (Lipinski definition) is 32. The maximum absolute atomic E-state index is 13.2. The lowest BCUT2D eigenvalue weighted by Crippen LogP contribution is -2.04. The average Bonchev–Trinajstić information content (AvgIpc) is 1.36. The van der Waals surface area contributed by atoms with E-state index in [1.807, 2.05) is 0 Å². The van der Waals surface area contributed by atoms with Crippen molar-refractivity contribution >= 4 is 165 Å². The van der Waals surface area contributed by atoms with Crippen LogP contribution in [0, 0.1) is 10.1 Å². The number of carboxylic acid groups (broad SMARTS) is 1. The number of nitrogens with two attached hydrogens (primary N) is 1. The summed E-state index contributed by atoms with van der Waals surface area (Å²) in [4.78, 5) is 10.7. The van der Waals surface area contributed by atoms with Gasteiger partial charge in [0.1, 0.15) is 74.1 Å². The molecule has 0 saturated carbocycles. The molecule has 0 bridgehead atoms. The Bertz CT molecular complexity index is 5790. The van der Waals surface area contributed by atoms with Gasteiger partial charge >= 0.3 is 5.97 Å². The fourth-order valence-electron chi connectivity index (χ4n) is 8.13. The van der Waals surface area contributed by atoms with Gasteiger partial charge in [-0.05, 0) is 72.8 Å². The second kappa shape index (κ2) is 23.6. The summed E-state index contributed by atoms with van der Waals surface area (Å²) in [5.41, 5.74) is -7.59. The lowest BCUT2D eigenvalue weighted by atomic mass is 10.0. The van der Waals surface area contributed by atoms with Gasteiger partial charge in [0.25, 0.3) is 86.6 Å². The van der Waals surface area contributed by atoms with Crippen LogP contribution in [0.1, 0.15) is 10.5 Å². The van der Waals surface area contributed by atoms with Gasteiger partial charge in [0.05, 0.1) is 26.6 Å². The molecule has 0 aliphatic heterocycles. The number of phenols is 2. The second-order valence-electron chi connectivity index (χ2n) is 17.9. The molecular formula is C42H28N12O31S8. The summed E-state index contributed by atoms with van der Waals surface area (Å²) >= 11 is 0. The number of anilines is 1. The lowest BCUT2D eigenvalue weighted by molar-refractivity contribution is -0.385. The van der Waals surface area contributed by atoms with Crippen LogP contribution in [0.2, 0.25) is 0 Å². The van der Waals surface area contributed by atoms with Gasteiger partial charge in [-0.1, -0.05) is 0 Å². The third kappa shape index (κ3) is 14.0. The Balaban J connectivity index is 1.28. The molecule has 490 valence electrons. The molecule has 14 N–H and O–H groups in total. The summed E-state index contributed by atoms with van der Waals surface area (Å²) in [6, 6.07) is 6.49. The van der Waals surface area contributed by atoms with Crippen LogP contribution >= 0.6 is 0 Å². The molecule has 7 aromatic carbocycles. The number of nitro groups is 1. The zero-order valence-corrected chi connectivity index (χ0v) is 50.5. The third-order valence-electron chi connectivity index (χ3n) is 12.1. The highest BCUT2D eigenvalue weighted by Gasteiger charge is 2.33. The number of nitrogen functional groups attached to an aromatic ring is 1. The molecule has 0 amide bonds. The van der Waals surface area contributed by atoms with E-state index in [1.54, 1.807) is 0 Å². The van der Waals surface area contributed by atoms with Gasteiger partial charge < -0.3 is 26.2 Å². The van der Waals surface area contributed by atoms with Gasteiger partial charge in [-0.15, -0.1) is 40.9 Å². The van der Waals surface area contributed by atoms with E-state index in [9.17, 15) is 139 Å². The molecule has 1 aromatic heterocycles. The van der Waals surface area contributed by atoms with Crippen LogP contribution in [-0.4, -0.2) is 145 Å². The van der Waals surface area contributed by atoms with E-state index in [1.165, 1.54) is 0 Å². The first-order chi connectivity index (χ1) is 42.5. The maximum Gasteiger partial charge on any atom is 0.358 e. The molecule has 8 aromatic rings. The van der Waals surface area contributed by atoms with Crippen LogP contribution < -0.4 is 5.73 Å². The monoisotopic (exact) mass is 1450 g/mol. The Morgan fingerprint density at radius 2 is 0.860 bits per heavy atom. The number of azo groups is 4. The van der Waals surface area contributed by atoms with Crippen LogP contribution in [0.5, 0.6) is 17.4 Å². The normalized spacial score (nSPS) is 13.4. The highest BCUT2D eigenvalue weighted by atomic mass is 32.2. The van der Waals surface area contributed by atoms with Crippen LogP contribution in [0.25, 0.3) is 27.2 Å². The second-order valence-corrected chi connectivity index (χ2v) is 29.0. The van der Waals surface area contributed by atoms with Crippen molar-refractivity contribution in [2.24, 2.45) is 40.9 Å². The molecular weight excluding hydrogens is 1430 g/mol. The first-order valence-electron chi connectivity index (χ1n) is 23.1. The Morgan fingerprint density at radius 1 is 0.441 bits per heavy atom. The fraction of sp³-hybridized carbons (Fsp3) is 0. The number of aromatic hydroxyl groups is 3. The van der Waals surface area contributed by atoms with Gasteiger partial charge in [0, 0.05) is 28.3 Å². The van der Waals surface area contributed by atoms with Gasteiger partial charge in [0.2, 0.25) is 11.6 Å². The van der Waals surface area contributed by atoms with Crippen molar-refractivity contribution in [1.29, 1.82) is 0 Å². The number of carbonyl (C=O) groups is 1. The molecule has 8 rings (SSSR count). The number of carboxylic acids is 1. The largest absolute Gasteiger partial charge is 0.505 e. The molecule has 43 nitrogen and oxygen atoms in total.